The van der Waals surface area contributed by atoms with Gasteiger partial charge in [0, 0.05) is 25.9 Å². The summed E-state index contributed by atoms with van der Waals surface area (Å²) in [5.41, 5.74) is 3.89. The van der Waals surface area contributed by atoms with E-state index in [0.29, 0.717) is 6.42 Å². The van der Waals surface area contributed by atoms with Crippen molar-refractivity contribution >= 4 is 23.0 Å². The molecule has 29 heavy (non-hydrogen) atoms. The zero-order valence-electron chi connectivity index (χ0n) is 17.1. The van der Waals surface area contributed by atoms with Crippen molar-refractivity contribution in [2.24, 2.45) is 7.05 Å². The topological polar surface area (TPSA) is 73.7 Å². The Balaban J connectivity index is 1.76. The maximum atomic E-state index is 12.5. The fourth-order valence-electron chi connectivity index (χ4n) is 3.43. The van der Waals surface area contributed by atoms with E-state index in [1.807, 2.05) is 61.1 Å². The van der Waals surface area contributed by atoms with Crippen molar-refractivity contribution in [3.63, 3.8) is 0 Å². The molecule has 1 aromatic heterocycles. The lowest BCUT2D eigenvalue weighted by Gasteiger charge is -2.25. The number of carbonyl (C=O) groups excluding carboxylic acids is 2. The van der Waals surface area contributed by atoms with Gasteiger partial charge in [-0.05, 0) is 29.7 Å². The maximum absolute atomic E-state index is 12.5. The van der Waals surface area contributed by atoms with Gasteiger partial charge < -0.3 is 9.47 Å². The molecule has 1 atom stereocenters. The van der Waals surface area contributed by atoms with E-state index in [-0.39, 0.29) is 6.61 Å². The molecule has 0 fully saturated rings. The van der Waals surface area contributed by atoms with Gasteiger partial charge in [0.15, 0.2) is 0 Å². The Labute approximate surface area is 169 Å². The number of amides is 1. The number of hydrogen-bond acceptors (Lipinski definition) is 5. The number of rotatable bonds is 6. The molecule has 1 unspecified atom stereocenters. The highest BCUT2D eigenvalue weighted by Gasteiger charge is 2.29. The van der Waals surface area contributed by atoms with Crippen molar-refractivity contribution in [3.05, 3.63) is 65.4 Å². The number of ether oxygens (including phenoxy) is 2. The van der Waals surface area contributed by atoms with Crippen molar-refractivity contribution in [2.45, 2.75) is 26.0 Å². The summed E-state index contributed by atoms with van der Waals surface area (Å²) in [6, 6.07) is 12.6. The van der Waals surface area contributed by atoms with Gasteiger partial charge in [0.2, 0.25) is 0 Å². The van der Waals surface area contributed by atoms with E-state index < -0.39 is 18.1 Å². The zero-order chi connectivity index (χ0) is 21.0. The standard InChI is InChI=1S/C22H25N3O4/c1-15-10-17(11-18-13-23-25(3)20(15)18)12-19(21(26)28-4)24(2)22(27)29-14-16-8-6-5-7-9-16/h5-11,13,19H,12,14H2,1-4H3. The predicted molar refractivity (Wildman–Crippen MR) is 109 cm³/mol. The average molecular weight is 395 g/mol. The van der Waals surface area contributed by atoms with Crippen LogP contribution in [-0.4, -0.2) is 46.9 Å². The van der Waals surface area contributed by atoms with E-state index in [2.05, 4.69) is 5.10 Å². The second kappa shape index (κ2) is 8.77. The number of likely N-dealkylation sites (N-methyl/N-ethyl adjacent to an activating group) is 1. The predicted octanol–water partition coefficient (Wildman–Crippen LogP) is 3.23. The summed E-state index contributed by atoms with van der Waals surface area (Å²) in [5, 5.41) is 5.27. The van der Waals surface area contributed by atoms with Gasteiger partial charge in [-0.2, -0.15) is 5.10 Å². The van der Waals surface area contributed by atoms with Gasteiger partial charge in [-0.1, -0.05) is 36.4 Å². The largest absolute Gasteiger partial charge is 0.467 e. The zero-order valence-corrected chi connectivity index (χ0v) is 17.1. The molecule has 7 heteroatoms. The van der Waals surface area contributed by atoms with Gasteiger partial charge in [-0.25, -0.2) is 9.59 Å². The molecule has 0 radical (unpaired) electrons. The van der Waals surface area contributed by atoms with Crippen LogP contribution in [0.2, 0.25) is 0 Å². The molecule has 3 aromatic rings. The average Bonchev–Trinajstić information content (AvgIpc) is 3.11. The third-order valence-electron chi connectivity index (χ3n) is 4.95. The number of nitrogens with zero attached hydrogens (tertiary/aromatic N) is 3. The van der Waals surface area contributed by atoms with Crippen molar-refractivity contribution in [1.29, 1.82) is 0 Å². The third kappa shape index (κ3) is 4.56. The van der Waals surface area contributed by atoms with Crippen LogP contribution in [0.5, 0.6) is 0 Å². The Morgan fingerprint density at radius 3 is 2.59 bits per heavy atom. The van der Waals surface area contributed by atoms with Crippen LogP contribution in [0.3, 0.4) is 0 Å². The second-order valence-electron chi connectivity index (χ2n) is 7.01. The normalized spacial score (nSPS) is 11.9. The highest BCUT2D eigenvalue weighted by Crippen LogP contribution is 2.22. The van der Waals surface area contributed by atoms with Crippen LogP contribution in [-0.2, 0) is 34.3 Å². The molecular formula is C22H25N3O4. The summed E-state index contributed by atoms with van der Waals surface area (Å²) >= 11 is 0. The molecule has 7 nitrogen and oxygen atoms in total. The molecule has 1 amide bonds. The highest BCUT2D eigenvalue weighted by atomic mass is 16.6. The highest BCUT2D eigenvalue weighted by molar-refractivity contribution is 5.84. The summed E-state index contributed by atoms with van der Waals surface area (Å²) in [6.07, 6.45) is 1.52. The summed E-state index contributed by atoms with van der Waals surface area (Å²) in [6.45, 7) is 2.14. The molecule has 0 saturated carbocycles. The number of carbonyl (C=O) groups is 2. The van der Waals surface area contributed by atoms with Crippen molar-refractivity contribution < 1.29 is 19.1 Å². The van der Waals surface area contributed by atoms with E-state index in [0.717, 1.165) is 27.6 Å². The molecule has 2 aromatic carbocycles. The molecule has 1 heterocycles. The smallest absolute Gasteiger partial charge is 0.410 e. The van der Waals surface area contributed by atoms with Gasteiger partial charge in [0.1, 0.15) is 12.6 Å². The third-order valence-corrected chi connectivity index (χ3v) is 4.95. The van der Waals surface area contributed by atoms with Gasteiger partial charge in [0.05, 0.1) is 18.8 Å². The van der Waals surface area contributed by atoms with Gasteiger partial charge in [-0.15, -0.1) is 0 Å². The fourth-order valence-corrected chi connectivity index (χ4v) is 3.43. The molecule has 0 aliphatic rings. The SMILES string of the molecule is COC(=O)C(Cc1cc(C)c2c(cnn2C)c1)N(C)C(=O)OCc1ccccc1. The number of fused-ring (bicyclic) bond motifs is 1. The fraction of sp³-hybridized carbons (Fsp3) is 0.318. The molecule has 0 aliphatic heterocycles. The number of aryl methyl sites for hydroxylation is 2. The Hall–Kier alpha value is -3.35. The molecule has 0 bridgehead atoms. The van der Waals surface area contributed by atoms with Crippen molar-refractivity contribution in [3.8, 4) is 0 Å². The molecule has 0 aliphatic carbocycles. The number of esters is 1. The van der Waals surface area contributed by atoms with Crippen LogP contribution in [0.25, 0.3) is 10.9 Å². The van der Waals surface area contributed by atoms with Crippen LogP contribution in [0.4, 0.5) is 4.79 Å². The quantitative estimate of drug-likeness (QED) is 0.599. The Bertz CT molecular complexity index is 1010. The summed E-state index contributed by atoms with van der Waals surface area (Å²) < 4.78 is 12.1. The summed E-state index contributed by atoms with van der Waals surface area (Å²) in [7, 11) is 4.75. The Kier molecular flexibility index (Phi) is 6.16. The number of benzene rings is 2. The van der Waals surface area contributed by atoms with Crippen LogP contribution in [0, 0.1) is 6.92 Å². The molecule has 152 valence electrons. The first-order valence-corrected chi connectivity index (χ1v) is 9.33. The lowest BCUT2D eigenvalue weighted by Crippen LogP contribution is -2.44. The Morgan fingerprint density at radius 2 is 1.90 bits per heavy atom. The second-order valence-corrected chi connectivity index (χ2v) is 7.01. The maximum Gasteiger partial charge on any atom is 0.410 e. The van der Waals surface area contributed by atoms with Crippen molar-refractivity contribution in [1.82, 2.24) is 14.7 Å². The number of methoxy groups -OCH3 is 1. The summed E-state index contributed by atoms with van der Waals surface area (Å²) in [4.78, 5) is 26.2. The van der Waals surface area contributed by atoms with Crippen LogP contribution < -0.4 is 0 Å². The molecule has 0 saturated heterocycles. The minimum absolute atomic E-state index is 0.138. The molecule has 3 rings (SSSR count). The lowest BCUT2D eigenvalue weighted by molar-refractivity contribution is -0.146. The van der Waals surface area contributed by atoms with Crippen LogP contribution >= 0.6 is 0 Å². The molecular weight excluding hydrogens is 370 g/mol. The van der Waals surface area contributed by atoms with E-state index >= 15 is 0 Å². The van der Waals surface area contributed by atoms with Crippen molar-refractivity contribution in [2.75, 3.05) is 14.2 Å². The van der Waals surface area contributed by atoms with E-state index in [1.165, 1.54) is 12.0 Å². The number of hydrogen-bond donors (Lipinski definition) is 0. The molecule has 0 spiro atoms. The minimum atomic E-state index is -0.795. The van der Waals surface area contributed by atoms with E-state index in [4.69, 9.17) is 9.47 Å². The monoisotopic (exact) mass is 395 g/mol. The first-order valence-electron chi connectivity index (χ1n) is 9.33. The number of aromatic nitrogens is 2. The van der Waals surface area contributed by atoms with Gasteiger partial charge >= 0.3 is 12.1 Å². The lowest BCUT2D eigenvalue weighted by atomic mass is 10.0. The molecule has 0 N–H and O–H groups in total. The first kappa shape index (κ1) is 20.4. The minimum Gasteiger partial charge on any atom is -0.467 e. The van der Waals surface area contributed by atoms with E-state index in [9.17, 15) is 9.59 Å². The summed E-state index contributed by atoms with van der Waals surface area (Å²) in [5.74, 6) is -0.493. The van der Waals surface area contributed by atoms with Crippen LogP contribution in [0.15, 0.2) is 48.7 Å². The first-order chi connectivity index (χ1) is 13.9. The van der Waals surface area contributed by atoms with Gasteiger partial charge in [0.25, 0.3) is 0 Å². The van der Waals surface area contributed by atoms with Gasteiger partial charge in [-0.3, -0.25) is 9.58 Å². The Morgan fingerprint density at radius 1 is 1.17 bits per heavy atom. The van der Waals surface area contributed by atoms with E-state index in [1.54, 1.807) is 13.2 Å². The van der Waals surface area contributed by atoms with Crippen LogP contribution in [0.1, 0.15) is 16.7 Å².